The second kappa shape index (κ2) is 11.7. The van der Waals surface area contributed by atoms with Crippen LogP contribution in [0.2, 0.25) is 5.02 Å². The molecule has 0 fully saturated rings. The standard InChI is InChI=1S/C26H31ClN4O3/c1-6-10-29-23-11-18(4)30-25-20(23)8-7-9-24(25)33-16-21-19(12-28-13-22(21)27)14-31(5)26(32)34-15-17(2)3/h6-13,17H,14-16H2,1-5H3,(H,29,30)/b10-6-. The highest BCUT2D eigenvalue weighted by molar-refractivity contribution is 6.31. The number of hydrogen-bond donors (Lipinski definition) is 1. The monoisotopic (exact) mass is 482 g/mol. The van der Waals surface area contributed by atoms with Crippen molar-refractivity contribution in [1.82, 2.24) is 14.9 Å². The second-order valence-corrected chi connectivity index (χ2v) is 8.89. The van der Waals surface area contributed by atoms with Gasteiger partial charge in [-0.25, -0.2) is 9.78 Å². The summed E-state index contributed by atoms with van der Waals surface area (Å²) in [6.07, 6.45) is 6.70. The molecule has 7 nitrogen and oxygen atoms in total. The van der Waals surface area contributed by atoms with Gasteiger partial charge >= 0.3 is 6.09 Å². The Balaban J connectivity index is 1.83. The van der Waals surface area contributed by atoms with Crippen molar-refractivity contribution in [1.29, 1.82) is 0 Å². The molecule has 3 aromatic rings. The smallest absolute Gasteiger partial charge is 0.409 e. The number of pyridine rings is 2. The minimum absolute atomic E-state index is 0.206. The first kappa shape index (κ1) is 25.3. The first-order chi connectivity index (χ1) is 16.3. The lowest BCUT2D eigenvalue weighted by Gasteiger charge is -2.20. The Kier molecular flexibility index (Phi) is 8.71. The maximum atomic E-state index is 12.3. The molecular weight excluding hydrogens is 452 g/mol. The van der Waals surface area contributed by atoms with Gasteiger partial charge in [0, 0.05) is 41.8 Å². The molecule has 1 amide bonds. The molecule has 0 saturated heterocycles. The van der Waals surface area contributed by atoms with Gasteiger partial charge in [-0.3, -0.25) is 4.98 Å². The second-order valence-electron chi connectivity index (χ2n) is 8.48. The SMILES string of the molecule is C/C=C\Nc1cc(C)nc2c(OCc3c(Cl)cncc3CN(C)C(=O)OCC(C)C)cccc12. The number of rotatable bonds is 9. The number of carbonyl (C=O) groups excluding carboxylic acids is 1. The van der Waals surface area contributed by atoms with Crippen LogP contribution in [0.5, 0.6) is 5.75 Å². The zero-order chi connectivity index (χ0) is 24.7. The molecule has 180 valence electrons. The van der Waals surface area contributed by atoms with Gasteiger partial charge in [0.1, 0.15) is 17.9 Å². The zero-order valence-electron chi connectivity index (χ0n) is 20.3. The number of nitrogens with zero attached hydrogens (tertiary/aromatic N) is 3. The van der Waals surface area contributed by atoms with Crippen LogP contribution in [0.15, 0.2) is 48.9 Å². The number of para-hydroxylation sites is 1. The summed E-state index contributed by atoms with van der Waals surface area (Å²) in [5.41, 5.74) is 4.14. The highest BCUT2D eigenvalue weighted by atomic mass is 35.5. The van der Waals surface area contributed by atoms with E-state index in [0.29, 0.717) is 23.9 Å². The van der Waals surface area contributed by atoms with E-state index in [9.17, 15) is 4.79 Å². The molecule has 0 aliphatic rings. The minimum atomic E-state index is -0.393. The lowest BCUT2D eigenvalue weighted by molar-refractivity contribution is 0.0978. The molecule has 0 aliphatic carbocycles. The molecule has 0 unspecified atom stereocenters. The number of carbonyl (C=O) groups is 1. The van der Waals surface area contributed by atoms with Crippen LogP contribution in [-0.4, -0.2) is 34.6 Å². The van der Waals surface area contributed by atoms with Crippen molar-refractivity contribution in [2.45, 2.75) is 40.8 Å². The van der Waals surface area contributed by atoms with Crippen LogP contribution < -0.4 is 10.1 Å². The number of aromatic nitrogens is 2. The largest absolute Gasteiger partial charge is 0.487 e. The van der Waals surface area contributed by atoms with Crippen molar-refractivity contribution in [3.8, 4) is 5.75 Å². The van der Waals surface area contributed by atoms with Gasteiger partial charge in [0.15, 0.2) is 0 Å². The summed E-state index contributed by atoms with van der Waals surface area (Å²) in [6.45, 7) is 8.76. The summed E-state index contributed by atoms with van der Waals surface area (Å²) < 4.78 is 11.5. The molecule has 0 aliphatic heterocycles. The van der Waals surface area contributed by atoms with Crippen LogP contribution in [0.3, 0.4) is 0 Å². The number of hydrogen-bond acceptors (Lipinski definition) is 6. The topological polar surface area (TPSA) is 76.6 Å². The number of halogens is 1. The van der Waals surface area contributed by atoms with E-state index in [4.69, 9.17) is 26.1 Å². The highest BCUT2D eigenvalue weighted by Gasteiger charge is 2.17. The van der Waals surface area contributed by atoms with Crippen molar-refractivity contribution >= 4 is 34.3 Å². The van der Waals surface area contributed by atoms with Crippen LogP contribution in [-0.2, 0) is 17.9 Å². The van der Waals surface area contributed by atoms with E-state index < -0.39 is 6.09 Å². The van der Waals surface area contributed by atoms with Crippen LogP contribution in [0.4, 0.5) is 10.5 Å². The molecular formula is C26H31ClN4O3. The fraction of sp³-hybridized carbons (Fsp3) is 0.346. The maximum absolute atomic E-state index is 12.3. The number of aryl methyl sites for hydroxylation is 1. The number of anilines is 1. The molecule has 2 aromatic heterocycles. The predicted octanol–water partition coefficient (Wildman–Crippen LogP) is 6.34. The molecule has 34 heavy (non-hydrogen) atoms. The lowest BCUT2D eigenvalue weighted by Crippen LogP contribution is -2.28. The van der Waals surface area contributed by atoms with Crippen LogP contribution in [0.25, 0.3) is 10.9 Å². The van der Waals surface area contributed by atoms with Gasteiger partial charge < -0.3 is 19.7 Å². The molecule has 0 radical (unpaired) electrons. The quantitative estimate of drug-likeness (QED) is 0.383. The Bertz CT molecular complexity index is 1180. The molecule has 8 heteroatoms. The van der Waals surface area contributed by atoms with Crippen molar-refractivity contribution in [2.75, 3.05) is 19.0 Å². The van der Waals surface area contributed by atoms with E-state index in [1.165, 1.54) is 4.90 Å². The van der Waals surface area contributed by atoms with E-state index in [2.05, 4.69) is 10.3 Å². The molecule has 0 bridgehead atoms. The first-order valence-electron chi connectivity index (χ1n) is 11.2. The predicted molar refractivity (Wildman–Crippen MR) is 136 cm³/mol. The van der Waals surface area contributed by atoms with Gasteiger partial charge in [0.05, 0.1) is 18.2 Å². The molecule has 3 rings (SSSR count). The minimum Gasteiger partial charge on any atom is -0.487 e. The van der Waals surface area contributed by atoms with Crippen molar-refractivity contribution < 1.29 is 14.3 Å². The van der Waals surface area contributed by atoms with Crippen LogP contribution in [0, 0.1) is 12.8 Å². The fourth-order valence-corrected chi connectivity index (χ4v) is 3.61. The van der Waals surface area contributed by atoms with Crippen molar-refractivity contribution in [2.24, 2.45) is 5.92 Å². The van der Waals surface area contributed by atoms with Gasteiger partial charge in [-0.15, -0.1) is 0 Å². The molecule has 0 atom stereocenters. The fourth-order valence-electron chi connectivity index (χ4n) is 3.38. The van der Waals surface area contributed by atoms with Gasteiger partial charge in [0.2, 0.25) is 0 Å². The molecule has 1 N–H and O–H groups in total. The number of benzene rings is 1. The summed E-state index contributed by atoms with van der Waals surface area (Å²) in [7, 11) is 1.69. The number of fused-ring (bicyclic) bond motifs is 1. The summed E-state index contributed by atoms with van der Waals surface area (Å²) >= 11 is 6.48. The normalized spacial score (nSPS) is 11.3. The number of nitrogens with one attached hydrogen (secondary N) is 1. The Morgan fingerprint density at radius 3 is 2.82 bits per heavy atom. The molecule has 0 spiro atoms. The third kappa shape index (κ3) is 6.38. The van der Waals surface area contributed by atoms with Crippen LogP contribution in [0.1, 0.15) is 37.6 Å². The van der Waals surface area contributed by atoms with Crippen LogP contribution >= 0.6 is 11.6 Å². The lowest BCUT2D eigenvalue weighted by atomic mass is 10.1. The van der Waals surface area contributed by atoms with E-state index >= 15 is 0 Å². The Morgan fingerprint density at radius 2 is 2.09 bits per heavy atom. The van der Waals surface area contributed by atoms with E-state index in [1.54, 1.807) is 19.4 Å². The van der Waals surface area contributed by atoms with E-state index in [1.807, 2.05) is 64.2 Å². The van der Waals surface area contributed by atoms with E-state index in [-0.39, 0.29) is 12.5 Å². The Hall–Kier alpha value is -3.32. The van der Waals surface area contributed by atoms with Gasteiger partial charge in [-0.2, -0.15) is 0 Å². The zero-order valence-corrected chi connectivity index (χ0v) is 21.0. The number of ether oxygens (including phenoxy) is 2. The molecule has 2 heterocycles. The summed E-state index contributed by atoms with van der Waals surface area (Å²) in [4.78, 5) is 22.7. The Morgan fingerprint density at radius 1 is 1.29 bits per heavy atom. The van der Waals surface area contributed by atoms with Gasteiger partial charge in [-0.1, -0.05) is 43.7 Å². The maximum Gasteiger partial charge on any atom is 0.409 e. The summed E-state index contributed by atoms with van der Waals surface area (Å²) in [5, 5.41) is 4.72. The molecule has 1 aromatic carbocycles. The average Bonchev–Trinajstić information content (AvgIpc) is 2.80. The third-order valence-corrected chi connectivity index (χ3v) is 5.39. The third-order valence-electron chi connectivity index (χ3n) is 5.06. The van der Waals surface area contributed by atoms with Gasteiger partial charge in [-0.05, 0) is 43.7 Å². The molecule has 0 saturated carbocycles. The summed E-state index contributed by atoms with van der Waals surface area (Å²) in [6, 6.07) is 7.82. The Labute approximate surface area is 205 Å². The van der Waals surface area contributed by atoms with Crippen molar-refractivity contribution in [3.63, 3.8) is 0 Å². The first-order valence-corrected chi connectivity index (χ1v) is 11.6. The van der Waals surface area contributed by atoms with E-state index in [0.717, 1.165) is 33.4 Å². The number of amides is 1. The average molecular weight is 483 g/mol. The highest BCUT2D eigenvalue weighted by Crippen LogP contribution is 2.31. The summed E-state index contributed by atoms with van der Waals surface area (Å²) in [5.74, 6) is 0.911. The number of allylic oxidation sites excluding steroid dienone is 1. The van der Waals surface area contributed by atoms with Gasteiger partial charge in [0.25, 0.3) is 0 Å². The van der Waals surface area contributed by atoms with Crippen molar-refractivity contribution in [3.05, 3.63) is 70.8 Å².